The lowest BCUT2D eigenvalue weighted by Crippen LogP contribution is -2.46. The minimum Gasteiger partial charge on any atom is -0.462 e. The van der Waals surface area contributed by atoms with Crippen LogP contribution < -0.4 is 10.8 Å². The van der Waals surface area contributed by atoms with Crippen molar-refractivity contribution in [2.24, 2.45) is 0 Å². The minimum atomic E-state index is -4.21. The second-order valence-electron chi connectivity index (χ2n) is 8.61. The lowest BCUT2D eigenvalue weighted by molar-refractivity contribution is -0.149. The quantitative estimate of drug-likeness (QED) is 0.162. The number of nitriles is 1. The molecule has 14 nitrogen and oxygen atoms in total. The van der Waals surface area contributed by atoms with E-state index >= 15 is 0 Å². The smallest absolute Gasteiger partial charge is 0.406 e. The summed E-state index contributed by atoms with van der Waals surface area (Å²) in [6.45, 7) is 4.00. The number of hydrogen-bond acceptors (Lipinski definition) is 13. The molecule has 1 fully saturated rings. The number of ether oxygens (including phenoxy) is 2. The molecule has 0 spiro atoms. The van der Waals surface area contributed by atoms with Gasteiger partial charge in [-0.2, -0.15) is 22.1 Å². The molecule has 37 heavy (non-hydrogen) atoms. The number of anilines is 1. The third kappa shape index (κ3) is 6.42. The molecule has 6 atom stereocenters. The van der Waals surface area contributed by atoms with Gasteiger partial charge in [-0.1, -0.05) is 0 Å². The van der Waals surface area contributed by atoms with Crippen molar-refractivity contribution < 1.29 is 38.1 Å². The number of nitrogens with one attached hydrogen (secondary N) is 1. The fourth-order valence-corrected chi connectivity index (χ4v) is 5.50. The molecule has 0 radical (unpaired) electrons. The van der Waals surface area contributed by atoms with Crippen molar-refractivity contribution in [3.05, 3.63) is 24.2 Å². The summed E-state index contributed by atoms with van der Waals surface area (Å²) in [5.74, 6) is -0.0323. The van der Waals surface area contributed by atoms with Gasteiger partial charge in [0.2, 0.25) is 5.60 Å². The van der Waals surface area contributed by atoms with Crippen molar-refractivity contribution in [1.29, 1.82) is 5.26 Å². The molecule has 3 rings (SSSR count). The summed E-state index contributed by atoms with van der Waals surface area (Å²) in [7, 11) is -4.21. The normalized spacial score (nSPS) is 26.2. The molecule has 2 aromatic rings. The Morgan fingerprint density at radius 1 is 1.41 bits per heavy atom. The second-order valence-corrected chi connectivity index (χ2v) is 11.4. The van der Waals surface area contributed by atoms with E-state index in [2.05, 4.69) is 15.2 Å². The van der Waals surface area contributed by atoms with Crippen LogP contribution in [0.25, 0.3) is 5.52 Å². The topological polar surface area (TPSA) is 204 Å². The summed E-state index contributed by atoms with van der Waals surface area (Å²) < 4.78 is 36.8. The monoisotopic (exact) mass is 558 g/mol. The maximum absolute atomic E-state index is 13.5. The summed E-state index contributed by atoms with van der Waals surface area (Å²) in [5, 5.41) is 38.1. The summed E-state index contributed by atoms with van der Waals surface area (Å²) >= 11 is 1.43. The van der Waals surface area contributed by atoms with Gasteiger partial charge < -0.3 is 25.4 Å². The summed E-state index contributed by atoms with van der Waals surface area (Å²) in [6, 6.07) is 3.92. The van der Waals surface area contributed by atoms with Crippen LogP contribution in [0.3, 0.4) is 0 Å². The molecular weight excluding hydrogens is 527 g/mol. The van der Waals surface area contributed by atoms with Gasteiger partial charge in [-0.3, -0.25) is 13.8 Å². The molecule has 1 aliphatic heterocycles. The minimum absolute atomic E-state index is 0.00286. The van der Waals surface area contributed by atoms with E-state index < -0.39 is 56.4 Å². The highest BCUT2D eigenvalue weighted by Crippen LogP contribution is 2.48. The van der Waals surface area contributed by atoms with Gasteiger partial charge in [-0.15, -0.1) is 0 Å². The number of rotatable bonds is 12. The SMILES string of the molecule is CSCCOP(=O)(N[C@@H](C)C(=O)OC(C)C)OC[C@@]1(C#N)O[C@@H](c2ccc3c(N)ncnn23)[C@H](O)[C@@H]1O. The summed E-state index contributed by atoms with van der Waals surface area (Å²) in [4.78, 5) is 16.1. The van der Waals surface area contributed by atoms with Crippen LogP contribution >= 0.6 is 19.5 Å². The van der Waals surface area contributed by atoms with Gasteiger partial charge in [0.05, 0.1) is 18.4 Å². The van der Waals surface area contributed by atoms with E-state index in [9.17, 15) is 24.8 Å². The zero-order valence-corrected chi connectivity index (χ0v) is 22.5. The Labute approximate surface area is 218 Å². The fourth-order valence-electron chi connectivity index (χ4n) is 3.63. The number of thioether (sulfide) groups is 1. The molecule has 1 unspecified atom stereocenters. The predicted octanol–water partition coefficient (Wildman–Crippen LogP) is 0.801. The van der Waals surface area contributed by atoms with Crippen LogP contribution in [0.2, 0.25) is 0 Å². The van der Waals surface area contributed by atoms with Crippen molar-refractivity contribution >= 4 is 36.8 Å². The third-order valence-corrected chi connectivity index (χ3v) is 7.77. The van der Waals surface area contributed by atoms with Crippen molar-refractivity contribution in [3.63, 3.8) is 0 Å². The maximum Gasteiger partial charge on any atom is 0.406 e. The number of esters is 1. The average Bonchev–Trinajstić information content (AvgIpc) is 3.38. The van der Waals surface area contributed by atoms with Gasteiger partial charge in [0.15, 0.2) is 5.82 Å². The highest BCUT2D eigenvalue weighted by atomic mass is 32.2. The van der Waals surface area contributed by atoms with Crippen LogP contribution in [0.4, 0.5) is 5.82 Å². The Hall–Kier alpha value is -2.28. The molecule has 0 bridgehead atoms. The van der Waals surface area contributed by atoms with Crippen LogP contribution in [-0.4, -0.2) is 86.0 Å². The van der Waals surface area contributed by atoms with Crippen LogP contribution in [0.1, 0.15) is 32.6 Å². The first-order chi connectivity index (χ1) is 17.5. The zero-order chi connectivity index (χ0) is 27.4. The number of aromatic nitrogens is 3. The van der Waals surface area contributed by atoms with Crippen molar-refractivity contribution in [3.8, 4) is 6.07 Å². The molecule has 3 heterocycles. The highest BCUT2D eigenvalue weighted by Gasteiger charge is 2.57. The number of carbonyl (C=O) groups excluding carboxylic acids is 1. The van der Waals surface area contributed by atoms with Crippen LogP contribution in [0, 0.1) is 11.3 Å². The zero-order valence-electron chi connectivity index (χ0n) is 20.8. The molecule has 204 valence electrons. The first-order valence-corrected chi connectivity index (χ1v) is 14.3. The summed E-state index contributed by atoms with van der Waals surface area (Å²) in [6.07, 6.45) is -1.90. The number of aliphatic hydroxyl groups excluding tert-OH is 2. The highest BCUT2D eigenvalue weighted by molar-refractivity contribution is 7.98. The molecule has 2 aromatic heterocycles. The van der Waals surface area contributed by atoms with E-state index in [0.29, 0.717) is 17.0 Å². The second kappa shape index (κ2) is 12.1. The average molecular weight is 559 g/mol. The Balaban J connectivity index is 1.82. The standard InChI is InChI=1S/C21H31N6O8PS/c1-12(2)34-20(30)13(3)26-36(31,32-7-8-37-4)33-10-21(9-22)18(29)16(28)17(35-21)14-5-6-15-19(23)24-11-25-27(14)15/h5-6,11-13,16-18,28-29H,7-8,10H2,1-4H3,(H,26,31)(H2,23,24,25)/t13-,16-,17-,18-,21+,36?/m0/s1. The van der Waals surface area contributed by atoms with E-state index in [0.717, 1.165) is 0 Å². The van der Waals surface area contributed by atoms with Crippen LogP contribution in [0.15, 0.2) is 18.5 Å². The molecule has 1 aliphatic rings. The lowest BCUT2D eigenvalue weighted by Gasteiger charge is -2.28. The first-order valence-electron chi connectivity index (χ1n) is 11.4. The van der Waals surface area contributed by atoms with E-state index in [4.69, 9.17) is 24.3 Å². The van der Waals surface area contributed by atoms with Crippen molar-refractivity contribution in [2.75, 3.05) is 31.0 Å². The number of nitrogens with zero attached hydrogens (tertiary/aromatic N) is 4. The Morgan fingerprint density at radius 3 is 2.78 bits per heavy atom. The lowest BCUT2D eigenvalue weighted by atomic mass is 9.96. The first kappa shape index (κ1) is 29.3. The number of hydrogen-bond donors (Lipinski definition) is 4. The molecule has 0 aliphatic carbocycles. The Morgan fingerprint density at radius 2 is 2.14 bits per heavy atom. The Bertz CT molecular complexity index is 1190. The van der Waals surface area contributed by atoms with E-state index in [-0.39, 0.29) is 12.4 Å². The number of carbonyl (C=O) groups is 1. The third-order valence-electron chi connectivity index (χ3n) is 5.50. The van der Waals surface area contributed by atoms with Gasteiger partial charge in [0.1, 0.15) is 48.9 Å². The molecular formula is C21H31N6O8PS. The van der Waals surface area contributed by atoms with Gasteiger partial charge in [-0.05, 0) is 39.2 Å². The molecule has 16 heteroatoms. The van der Waals surface area contributed by atoms with Gasteiger partial charge in [-0.25, -0.2) is 19.2 Å². The fraction of sp³-hybridized carbons (Fsp3) is 0.619. The van der Waals surface area contributed by atoms with Crippen molar-refractivity contribution in [1.82, 2.24) is 19.7 Å². The van der Waals surface area contributed by atoms with E-state index in [1.807, 2.05) is 12.3 Å². The number of fused-ring (bicyclic) bond motifs is 1. The molecule has 0 amide bonds. The van der Waals surface area contributed by atoms with Crippen LogP contribution in [-0.2, 0) is 27.9 Å². The van der Waals surface area contributed by atoms with Crippen LogP contribution in [0.5, 0.6) is 0 Å². The Kier molecular flexibility index (Phi) is 9.54. The van der Waals surface area contributed by atoms with E-state index in [1.54, 1.807) is 26.0 Å². The number of nitrogen functional groups attached to an aromatic ring is 1. The molecule has 1 saturated heterocycles. The van der Waals surface area contributed by atoms with Crippen molar-refractivity contribution in [2.45, 2.75) is 56.8 Å². The molecule has 0 saturated carbocycles. The van der Waals surface area contributed by atoms with Gasteiger partial charge in [0, 0.05) is 5.75 Å². The maximum atomic E-state index is 13.5. The predicted molar refractivity (Wildman–Crippen MR) is 133 cm³/mol. The summed E-state index contributed by atoms with van der Waals surface area (Å²) in [5.41, 5.74) is 4.47. The van der Waals surface area contributed by atoms with Gasteiger partial charge >= 0.3 is 13.7 Å². The van der Waals surface area contributed by atoms with Gasteiger partial charge in [0.25, 0.3) is 0 Å². The molecule has 0 aromatic carbocycles. The number of aliphatic hydroxyl groups is 2. The number of nitrogens with two attached hydrogens (primary N) is 1. The largest absolute Gasteiger partial charge is 0.462 e. The molecule has 5 N–H and O–H groups in total. The van der Waals surface area contributed by atoms with E-state index in [1.165, 1.54) is 29.5 Å².